The van der Waals surface area contributed by atoms with Crippen LogP contribution in [0.2, 0.25) is 5.02 Å². The van der Waals surface area contributed by atoms with E-state index in [1.54, 1.807) is 0 Å². The molecular weight excluding hydrogens is 413 g/mol. The van der Waals surface area contributed by atoms with Crippen molar-refractivity contribution in [3.05, 3.63) is 29.1 Å². The van der Waals surface area contributed by atoms with Crippen molar-refractivity contribution in [1.29, 1.82) is 0 Å². The van der Waals surface area contributed by atoms with Crippen LogP contribution in [0.25, 0.3) is 11.1 Å². The molecule has 0 saturated carbocycles. The average molecular weight is 437 g/mol. The fraction of sp³-hybridized carbons (Fsp3) is 0.556. The lowest BCUT2D eigenvalue weighted by Gasteiger charge is -2.32. The van der Waals surface area contributed by atoms with Crippen LogP contribution in [-0.2, 0) is 9.53 Å². The number of benzene rings is 1. The Balaban J connectivity index is 0.00000131. The van der Waals surface area contributed by atoms with Gasteiger partial charge in [-0.25, -0.2) is 4.98 Å². The molecule has 0 bridgehead atoms. The molecule has 1 unspecified atom stereocenters. The van der Waals surface area contributed by atoms with Crippen LogP contribution in [0.5, 0.6) is 0 Å². The van der Waals surface area contributed by atoms with E-state index in [9.17, 15) is 4.79 Å². The van der Waals surface area contributed by atoms with Gasteiger partial charge in [0.2, 0.25) is 5.91 Å². The third-order valence-electron chi connectivity index (χ3n) is 4.98. The molecule has 27 heavy (non-hydrogen) atoms. The van der Waals surface area contributed by atoms with Crippen molar-refractivity contribution in [3.63, 3.8) is 0 Å². The summed E-state index contributed by atoms with van der Waals surface area (Å²) in [5, 5.41) is 4.00. The number of morpholine rings is 1. The summed E-state index contributed by atoms with van der Waals surface area (Å²) in [7, 11) is 0. The van der Waals surface area contributed by atoms with Crippen molar-refractivity contribution < 1.29 is 13.9 Å². The van der Waals surface area contributed by atoms with Crippen molar-refractivity contribution in [2.75, 3.05) is 32.8 Å². The molecule has 2 aromatic rings. The van der Waals surface area contributed by atoms with Crippen molar-refractivity contribution >= 4 is 53.4 Å². The molecule has 150 valence electrons. The van der Waals surface area contributed by atoms with Gasteiger partial charge in [0, 0.05) is 43.0 Å². The molecule has 6 nitrogen and oxygen atoms in total. The summed E-state index contributed by atoms with van der Waals surface area (Å²) in [5.41, 5.74) is 1.56. The van der Waals surface area contributed by atoms with Crippen molar-refractivity contribution in [2.45, 2.75) is 31.2 Å². The number of oxazole rings is 1. The summed E-state index contributed by atoms with van der Waals surface area (Å²) >= 11 is 6.01. The molecule has 1 atom stereocenters. The summed E-state index contributed by atoms with van der Waals surface area (Å²) in [6, 6.07) is 5.62. The molecule has 9 heteroatoms. The number of rotatable bonds is 3. The first-order valence-corrected chi connectivity index (χ1v) is 9.22. The number of ether oxygens (including phenoxy) is 1. The zero-order valence-corrected chi connectivity index (χ0v) is 17.2. The normalized spacial score (nSPS) is 20.8. The Bertz CT molecular complexity index is 757. The van der Waals surface area contributed by atoms with Crippen LogP contribution in [-0.4, -0.2) is 54.7 Å². The molecule has 0 aliphatic carbocycles. The van der Waals surface area contributed by atoms with Gasteiger partial charge in [-0.3, -0.25) is 4.79 Å². The fourth-order valence-corrected chi connectivity index (χ4v) is 3.73. The van der Waals surface area contributed by atoms with E-state index < -0.39 is 0 Å². The first-order chi connectivity index (χ1) is 12.2. The molecule has 1 aromatic heterocycles. The van der Waals surface area contributed by atoms with Crippen LogP contribution in [0.3, 0.4) is 0 Å². The first-order valence-electron chi connectivity index (χ1n) is 8.84. The highest BCUT2D eigenvalue weighted by Gasteiger charge is 2.28. The second kappa shape index (κ2) is 9.94. The molecule has 3 heterocycles. The van der Waals surface area contributed by atoms with E-state index in [0.717, 1.165) is 56.1 Å². The van der Waals surface area contributed by atoms with Gasteiger partial charge in [0.05, 0.1) is 13.2 Å². The minimum atomic E-state index is 0. The Kier molecular flexibility index (Phi) is 8.19. The number of hydrogen-bond acceptors (Lipinski definition) is 5. The standard InChI is InChI=1S/C18H22ClN3O3.2ClH/c19-13-1-2-16-15(9-13)21-18(25-16)12-3-6-22(7-4-12)17(23)10-14-11-24-8-5-20-14;;/h1-2,9,12,14,20H,3-8,10-11H2;2*1H. The topological polar surface area (TPSA) is 67.6 Å². The van der Waals surface area contributed by atoms with Crippen molar-refractivity contribution in [1.82, 2.24) is 15.2 Å². The molecule has 2 aliphatic rings. The fourth-order valence-electron chi connectivity index (χ4n) is 3.56. The van der Waals surface area contributed by atoms with E-state index in [4.69, 9.17) is 20.8 Å². The van der Waals surface area contributed by atoms with E-state index in [1.165, 1.54) is 0 Å². The van der Waals surface area contributed by atoms with Crippen LogP contribution in [0, 0.1) is 0 Å². The number of fused-ring (bicyclic) bond motifs is 1. The van der Waals surface area contributed by atoms with Crippen molar-refractivity contribution in [3.8, 4) is 0 Å². The number of aromatic nitrogens is 1. The van der Waals surface area contributed by atoms with Gasteiger partial charge in [-0.1, -0.05) is 11.6 Å². The highest BCUT2D eigenvalue weighted by Crippen LogP contribution is 2.31. The van der Waals surface area contributed by atoms with Crippen LogP contribution in [0.4, 0.5) is 0 Å². The predicted molar refractivity (Wildman–Crippen MR) is 109 cm³/mol. The SMILES string of the molecule is Cl.Cl.O=C(CC1COCCN1)N1CCC(c2nc3cc(Cl)ccc3o2)CC1. The van der Waals surface area contributed by atoms with E-state index >= 15 is 0 Å². The van der Waals surface area contributed by atoms with Crippen LogP contribution in [0.1, 0.15) is 31.1 Å². The number of piperidine rings is 1. The van der Waals surface area contributed by atoms with Gasteiger partial charge in [0.25, 0.3) is 0 Å². The molecule has 1 N–H and O–H groups in total. The number of nitrogens with one attached hydrogen (secondary N) is 1. The maximum Gasteiger partial charge on any atom is 0.224 e. The summed E-state index contributed by atoms with van der Waals surface area (Å²) < 4.78 is 11.3. The third-order valence-corrected chi connectivity index (χ3v) is 5.22. The van der Waals surface area contributed by atoms with E-state index in [-0.39, 0.29) is 42.7 Å². The molecule has 0 radical (unpaired) electrons. The van der Waals surface area contributed by atoms with E-state index in [2.05, 4.69) is 10.3 Å². The minimum Gasteiger partial charge on any atom is -0.440 e. The Morgan fingerprint density at radius 1 is 1.30 bits per heavy atom. The summed E-state index contributed by atoms with van der Waals surface area (Å²) in [4.78, 5) is 19.0. The van der Waals surface area contributed by atoms with Crippen LogP contribution < -0.4 is 5.32 Å². The number of nitrogens with zero attached hydrogens (tertiary/aromatic N) is 2. The summed E-state index contributed by atoms with van der Waals surface area (Å²) in [6.45, 7) is 3.66. The molecular formula is C18H24Cl3N3O3. The average Bonchev–Trinajstić information content (AvgIpc) is 3.06. The predicted octanol–water partition coefficient (Wildman–Crippen LogP) is 3.41. The van der Waals surface area contributed by atoms with Crippen molar-refractivity contribution in [2.24, 2.45) is 0 Å². The molecule has 1 amide bonds. The number of amides is 1. The lowest BCUT2D eigenvalue weighted by atomic mass is 9.96. The molecule has 2 fully saturated rings. The number of halogens is 3. The molecule has 1 aromatic carbocycles. The second-order valence-electron chi connectivity index (χ2n) is 6.75. The van der Waals surface area contributed by atoms with E-state index in [0.29, 0.717) is 18.1 Å². The van der Waals surface area contributed by atoms with Gasteiger partial charge in [-0.15, -0.1) is 24.8 Å². The quantitative estimate of drug-likeness (QED) is 0.798. The highest BCUT2D eigenvalue weighted by molar-refractivity contribution is 6.31. The number of carbonyl (C=O) groups is 1. The van der Waals surface area contributed by atoms with Gasteiger partial charge in [-0.2, -0.15) is 0 Å². The lowest BCUT2D eigenvalue weighted by Crippen LogP contribution is -2.46. The summed E-state index contributed by atoms with van der Waals surface area (Å²) in [6.07, 6.45) is 2.26. The van der Waals surface area contributed by atoms with Crippen LogP contribution >= 0.6 is 36.4 Å². The maximum atomic E-state index is 12.5. The minimum absolute atomic E-state index is 0. The second-order valence-corrected chi connectivity index (χ2v) is 7.19. The van der Waals surface area contributed by atoms with Gasteiger partial charge in [0.15, 0.2) is 11.5 Å². The highest BCUT2D eigenvalue weighted by atomic mass is 35.5. The monoisotopic (exact) mass is 435 g/mol. The Labute approximate surface area is 175 Å². The Morgan fingerprint density at radius 2 is 2.07 bits per heavy atom. The number of likely N-dealkylation sites (tertiary alicyclic amines) is 1. The number of hydrogen-bond donors (Lipinski definition) is 1. The van der Waals surface area contributed by atoms with Crippen LogP contribution in [0.15, 0.2) is 22.6 Å². The number of carbonyl (C=O) groups excluding carboxylic acids is 1. The van der Waals surface area contributed by atoms with Gasteiger partial charge in [-0.05, 0) is 31.0 Å². The van der Waals surface area contributed by atoms with E-state index in [1.807, 2.05) is 23.1 Å². The van der Waals surface area contributed by atoms with Gasteiger partial charge in [0.1, 0.15) is 5.52 Å². The zero-order chi connectivity index (χ0) is 17.2. The van der Waals surface area contributed by atoms with Gasteiger partial charge < -0.3 is 19.4 Å². The maximum absolute atomic E-state index is 12.5. The Morgan fingerprint density at radius 3 is 2.78 bits per heavy atom. The van der Waals surface area contributed by atoms with Gasteiger partial charge >= 0.3 is 0 Å². The lowest BCUT2D eigenvalue weighted by molar-refractivity contribution is -0.133. The molecule has 2 aliphatic heterocycles. The molecule has 0 spiro atoms. The Hall–Kier alpha value is -1.05. The third kappa shape index (κ3) is 5.27. The smallest absolute Gasteiger partial charge is 0.224 e. The summed E-state index contributed by atoms with van der Waals surface area (Å²) in [5.74, 6) is 1.21. The zero-order valence-electron chi connectivity index (χ0n) is 14.9. The first kappa shape index (κ1) is 22.2. The molecule has 4 rings (SSSR count). The largest absolute Gasteiger partial charge is 0.440 e. The molecule has 2 saturated heterocycles.